The van der Waals surface area contributed by atoms with Crippen molar-refractivity contribution in [2.24, 2.45) is 0 Å². The second-order valence-electron chi connectivity index (χ2n) is 4.12. The SMILES string of the molecule is CCCN1CCc2nc(N)nc(C)c2C1. The Morgan fingerprint density at radius 1 is 1.40 bits per heavy atom. The van der Waals surface area contributed by atoms with Gasteiger partial charge in [-0.2, -0.15) is 0 Å². The Bertz CT molecular complexity index is 362. The monoisotopic (exact) mass is 206 g/mol. The van der Waals surface area contributed by atoms with E-state index in [9.17, 15) is 0 Å². The third-order valence-corrected chi connectivity index (χ3v) is 2.90. The van der Waals surface area contributed by atoms with Crippen LogP contribution >= 0.6 is 0 Å². The zero-order chi connectivity index (χ0) is 10.8. The molecule has 82 valence electrons. The van der Waals surface area contributed by atoms with E-state index in [1.807, 2.05) is 6.92 Å². The van der Waals surface area contributed by atoms with E-state index in [1.165, 1.54) is 12.0 Å². The first-order valence-corrected chi connectivity index (χ1v) is 5.55. The van der Waals surface area contributed by atoms with Crippen LogP contribution in [0.15, 0.2) is 0 Å². The Morgan fingerprint density at radius 2 is 2.20 bits per heavy atom. The fourth-order valence-corrected chi connectivity index (χ4v) is 2.17. The summed E-state index contributed by atoms with van der Waals surface area (Å²) in [6, 6.07) is 0. The van der Waals surface area contributed by atoms with Gasteiger partial charge < -0.3 is 5.73 Å². The smallest absolute Gasteiger partial charge is 0.220 e. The Morgan fingerprint density at radius 3 is 2.93 bits per heavy atom. The highest BCUT2D eigenvalue weighted by atomic mass is 15.1. The minimum absolute atomic E-state index is 0.412. The fourth-order valence-electron chi connectivity index (χ4n) is 2.17. The van der Waals surface area contributed by atoms with Gasteiger partial charge in [-0.15, -0.1) is 0 Å². The molecule has 0 bridgehead atoms. The molecule has 1 aliphatic rings. The third kappa shape index (κ3) is 2.09. The highest BCUT2D eigenvalue weighted by Gasteiger charge is 2.19. The number of rotatable bonds is 2. The molecule has 0 amide bonds. The van der Waals surface area contributed by atoms with Crippen molar-refractivity contribution in [3.8, 4) is 0 Å². The van der Waals surface area contributed by atoms with E-state index in [0.29, 0.717) is 5.95 Å². The lowest BCUT2D eigenvalue weighted by atomic mass is 10.0. The van der Waals surface area contributed by atoms with Crippen LogP contribution in [-0.4, -0.2) is 28.0 Å². The molecule has 1 aromatic rings. The van der Waals surface area contributed by atoms with Gasteiger partial charge >= 0.3 is 0 Å². The molecule has 2 N–H and O–H groups in total. The molecule has 0 radical (unpaired) electrons. The van der Waals surface area contributed by atoms with Crippen molar-refractivity contribution in [3.05, 3.63) is 17.0 Å². The summed E-state index contributed by atoms with van der Waals surface area (Å²) < 4.78 is 0. The van der Waals surface area contributed by atoms with E-state index in [2.05, 4.69) is 21.8 Å². The van der Waals surface area contributed by atoms with Crippen molar-refractivity contribution in [2.75, 3.05) is 18.8 Å². The Hall–Kier alpha value is -1.16. The highest BCUT2D eigenvalue weighted by Crippen LogP contribution is 2.20. The standard InChI is InChI=1S/C11H18N4/c1-3-5-15-6-4-10-9(7-15)8(2)13-11(12)14-10/h3-7H2,1-2H3,(H2,12,13,14). The van der Waals surface area contributed by atoms with Crippen LogP contribution in [0.1, 0.15) is 30.3 Å². The zero-order valence-corrected chi connectivity index (χ0v) is 9.45. The summed E-state index contributed by atoms with van der Waals surface area (Å²) in [5.74, 6) is 0.412. The predicted octanol–water partition coefficient (Wildman–Crippen LogP) is 1.14. The largest absolute Gasteiger partial charge is 0.368 e. The quantitative estimate of drug-likeness (QED) is 0.788. The maximum atomic E-state index is 5.64. The summed E-state index contributed by atoms with van der Waals surface area (Å²) in [5.41, 5.74) is 9.11. The lowest BCUT2D eigenvalue weighted by molar-refractivity contribution is 0.251. The van der Waals surface area contributed by atoms with Crippen molar-refractivity contribution in [2.45, 2.75) is 33.2 Å². The first-order valence-electron chi connectivity index (χ1n) is 5.55. The van der Waals surface area contributed by atoms with Crippen LogP contribution < -0.4 is 5.73 Å². The van der Waals surface area contributed by atoms with E-state index in [0.717, 1.165) is 37.4 Å². The molecule has 4 nitrogen and oxygen atoms in total. The molecule has 0 fully saturated rings. The maximum Gasteiger partial charge on any atom is 0.220 e. The van der Waals surface area contributed by atoms with Gasteiger partial charge in [-0.1, -0.05) is 6.92 Å². The van der Waals surface area contributed by atoms with E-state index in [-0.39, 0.29) is 0 Å². The fraction of sp³-hybridized carbons (Fsp3) is 0.636. The van der Waals surface area contributed by atoms with Crippen LogP contribution in [0, 0.1) is 6.92 Å². The number of nitrogens with zero attached hydrogens (tertiary/aromatic N) is 3. The molecule has 1 aromatic heterocycles. The first-order chi connectivity index (χ1) is 7.20. The van der Waals surface area contributed by atoms with Gasteiger partial charge in [0.1, 0.15) is 0 Å². The summed E-state index contributed by atoms with van der Waals surface area (Å²) in [6.07, 6.45) is 2.20. The third-order valence-electron chi connectivity index (χ3n) is 2.90. The van der Waals surface area contributed by atoms with Gasteiger partial charge in [0.15, 0.2) is 0 Å². The Kier molecular flexibility index (Phi) is 2.86. The minimum Gasteiger partial charge on any atom is -0.368 e. The maximum absolute atomic E-state index is 5.64. The molecule has 0 unspecified atom stereocenters. The molecular weight excluding hydrogens is 188 g/mol. The lowest BCUT2D eigenvalue weighted by Crippen LogP contribution is -2.32. The van der Waals surface area contributed by atoms with Crippen LogP contribution in [0.25, 0.3) is 0 Å². The number of nitrogen functional groups attached to an aromatic ring is 1. The van der Waals surface area contributed by atoms with E-state index in [1.54, 1.807) is 0 Å². The molecule has 0 aliphatic carbocycles. The number of hydrogen-bond donors (Lipinski definition) is 1. The van der Waals surface area contributed by atoms with Crippen LogP contribution in [-0.2, 0) is 13.0 Å². The summed E-state index contributed by atoms with van der Waals surface area (Å²) in [4.78, 5) is 11.0. The Balaban J connectivity index is 2.25. The number of hydrogen-bond acceptors (Lipinski definition) is 4. The normalized spacial score (nSPS) is 16.4. The topological polar surface area (TPSA) is 55.0 Å². The first kappa shape index (κ1) is 10.4. The van der Waals surface area contributed by atoms with Crippen LogP contribution in [0.5, 0.6) is 0 Å². The number of fused-ring (bicyclic) bond motifs is 1. The van der Waals surface area contributed by atoms with E-state index in [4.69, 9.17) is 5.73 Å². The molecule has 1 aliphatic heterocycles. The number of nitrogens with two attached hydrogens (primary N) is 1. The molecule has 0 aromatic carbocycles. The average Bonchev–Trinajstić information content (AvgIpc) is 2.19. The van der Waals surface area contributed by atoms with Gasteiger partial charge in [-0.05, 0) is 19.9 Å². The van der Waals surface area contributed by atoms with Crippen LogP contribution in [0.2, 0.25) is 0 Å². The molecule has 15 heavy (non-hydrogen) atoms. The second-order valence-corrected chi connectivity index (χ2v) is 4.12. The number of aromatic nitrogens is 2. The molecule has 0 saturated carbocycles. The summed E-state index contributed by atoms with van der Waals surface area (Å²) in [7, 11) is 0. The zero-order valence-electron chi connectivity index (χ0n) is 9.45. The van der Waals surface area contributed by atoms with Gasteiger partial charge in [0, 0.05) is 30.8 Å². The van der Waals surface area contributed by atoms with Crippen LogP contribution in [0.3, 0.4) is 0 Å². The van der Waals surface area contributed by atoms with Gasteiger partial charge in [0.25, 0.3) is 0 Å². The molecule has 2 rings (SSSR count). The average molecular weight is 206 g/mol. The molecule has 0 saturated heterocycles. The minimum atomic E-state index is 0.412. The van der Waals surface area contributed by atoms with Crippen LogP contribution in [0.4, 0.5) is 5.95 Å². The molecule has 0 atom stereocenters. The summed E-state index contributed by atoms with van der Waals surface area (Å²) in [5, 5.41) is 0. The van der Waals surface area contributed by atoms with Gasteiger partial charge in [-0.25, -0.2) is 9.97 Å². The van der Waals surface area contributed by atoms with Gasteiger partial charge in [0.2, 0.25) is 5.95 Å². The summed E-state index contributed by atoms with van der Waals surface area (Å²) >= 11 is 0. The Labute approximate surface area is 90.5 Å². The predicted molar refractivity (Wildman–Crippen MR) is 60.5 cm³/mol. The lowest BCUT2D eigenvalue weighted by Gasteiger charge is -2.28. The van der Waals surface area contributed by atoms with Crippen molar-refractivity contribution in [1.82, 2.24) is 14.9 Å². The molecular formula is C11H18N4. The van der Waals surface area contributed by atoms with E-state index < -0.39 is 0 Å². The van der Waals surface area contributed by atoms with Gasteiger partial charge in [-0.3, -0.25) is 4.90 Å². The molecule has 2 heterocycles. The van der Waals surface area contributed by atoms with Gasteiger partial charge in [0.05, 0.1) is 5.69 Å². The number of anilines is 1. The van der Waals surface area contributed by atoms with Crippen molar-refractivity contribution in [1.29, 1.82) is 0 Å². The molecule has 0 spiro atoms. The van der Waals surface area contributed by atoms with Crippen molar-refractivity contribution in [3.63, 3.8) is 0 Å². The highest BCUT2D eigenvalue weighted by molar-refractivity contribution is 5.32. The van der Waals surface area contributed by atoms with Crippen molar-refractivity contribution < 1.29 is 0 Å². The number of aryl methyl sites for hydroxylation is 1. The van der Waals surface area contributed by atoms with E-state index >= 15 is 0 Å². The summed E-state index contributed by atoms with van der Waals surface area (Å²) in [6.45, 7) is 7.46. The molecule has 4 heteroatoms. The van der Waals surface area contributed by atoms with Crippen molar-refractivity contribution >= 4 is 5.95 Å². The second kappa shape index (κ2) is 4.14.